The van der Waals surface area contributed by atoms with Crippen molar-refractivity contribution in [1.82, 2.24) is 0 Å². The Morgan fingerprint density at radius 1 is 1.00 bits per heavy atom. The van der Waals surface area contributed by atoms with Crippen LogP contribution in [0.2, 0.25) is 0 Å². The van der Waals surface area contributed by atoms with Crippen LogP contribution in [-0.4, -0.2) is 25.2 Å². The third-order valence-corrected chi connectivity index (χ3v) is 4.22. The van der Waals surface area contributed by atoms with E-state index in [9.17, 15) is 9.59 Å². The molecule has 0 aliphatic heterocycles. The standard InChI is InChI=1S/C15H26O4/c1-5-18-14(16)12-9-7-8-10(3)11(4)13(12)15(17)19-6-2/h10-13H,5-9H2,1-4H3. The van der Waals surface area contributed by atoms with E-state index in [1.54, 1.807) is 13.8 Å². The zero-order chi connectivity index (χ0) is 14.4. The van der Waals surface area contributed by atoms with Gasteiger partial charge in [-0.2, -0.15) is 0 Å². The molecule has 4 unspecified atom stereocenters. The third kappa shape index (κ3) is 3.95. The number of esters is 2. The van der Waals surface area contributed by atoms with Crippen LogP contribution in [0.1, 0.15) is 47.0 Å². The van der Waals surface area contributed by atoms with Gasteiger partial charge in [-0.15, -0.1) is 0 Å². The van der Waals surface area contributed by atoms with Gasteiger partial charge in [-0.1, -0.05) is 26.7 Å². The highest BCUT2D eigenvalue weighted by Crippen LogP contribution is 2.38. The van der Waals surface area contributed by atoms with Gasteiger partial charge in [-0.3, -0.25) is 9.59 Å². The molecule has 110 valence electrons. The minimum absolute atomic E-state index is 0.149. The fraction of sp³-hybridized carbons (Fsp3) is 0.867. The lowest BCUT2D eigenvalue weighted by Crippen LogP contribution is -2.37. The van der Waals surface area contributed by atoms with Crippen LogP contribution in [0.4, 0.5) is 0 Å². The van der Waals surface area contributed by atoms with Gasteiger partial charge in [0.2, 0.25) is 0 Å². The van der Waals surface area contributed by atoms with Crippen molar-refractivity contribution in [2.75, 3.05) is 13.2 Å². The fourth-order valence-electron chi connectivity index (χ4n) is 2.95. The summed E-state index contributed by atoms with van der Waals surface area (Å²) >= 11 is 0. The van der Waals surface area contributed by atoms with Crippen LogP contribution in [0.3, 0.4) is 0 Å². The molecule has 1 aliphatic carbocycles. The van der Waals surface area contributed by atoms with Crippen molar-refractivity contribution in [3.05, 3.63) is 0 Å². The molecule has 0 bridgehead atoms. The van der Waals surface area contributed by atoms with E-state index in [-0.39, 0.29) is 29.7 Å². The first-order valence-corrected chi connectivity index (χ1v) is 7.36. The highest BCUT2D eigenvalue weighted by atomic mass is 16.5. The predicted molar refractivity (Wildman–Crippen MR) is 72.4 cm³/mol. The highest BCUT2D eigenvalue weighted by molar-refractivity contribution is 5.82. The Morgan fingerprint density at radius 3 is 2.16 bits per heavy atom. The minimum Gasteiger partial charge on any atom is -0.466 e. The molecule has 1 aliphatic rings. The number of carbonyl (C=O) groups is 2. The summed E-state index contributed by atoms with van der Waals surface area (Å²) in [5.74, 6) is -0.636. The van der Waals surface area contributed by atoms with Gasteiger partial charge in [0.15, 0.2) is 0 Å². The Labute approximate surface area is 115 Å². The van der Waals surface area contributed by atoms with Gasteiger partial charge >= 0.3 is 11.9 Å². The van der Waals surface area contributed by atoms with Gasteiger partial charge in [0.1, 0.15) is 0 Å². The van der Waals surface area contributed by atoms with Gasteiger partial charge < -0.3 is 9.47 Å². The fourth-order valence-corrected chi connectivity index (χ4v) is 2.95. The van der Waals surface area contributed by atoms with Crippen molar-refractivity contribution in [3.63, 3.8) is 0 Å². The van der Waals surface area contributed by atoms with E-state index in [0.29, 0.717) is 19.1 Å². The summed E-state index contributed by atoms with van der Waals surface area (Å²) in [6, 6.07) is 0. The number of rotatable bonds is 4. The quantitative estimate of drug-likeness (QED) is 0.582. The van der Waals surface area contributed by atoms with E-state index >= 15 is 0 Å². The molecule has 4 nitrogen and oxygen atoms in total. The molecule has 1 rings (SSSR count). The monoisotopic (exact) mass is 270 g/mol. The van der Waals surface area contributed by atoms with Gasteiger partial charge in [-0.25, -0.2) is 0 Å². The molecular weight excluding hydrogens is 244 g/mol. The van der Waals surface area contributed by atoms with Gasteiger partial charge in [0.05, 0.1) is 25.0 Å². The molecule has 0 spiro atoms. The Hall–Kier alpha value is -1.06. The van der Waals surface area contributed by atoms with Crippen LogP contribution in [-0.2, 0) is 19.1 Å². The van der Waals surface area contributed by atoms with Gasteiger partial charge in [0.25, 0.3) is 0 Å². The Kier molecular flexibility index (Phi) is 6.32. The number of ether oxygens (including phenoxy) is 2. The lowest BCUT2D eigenvalue weighted by Gasteiger charge is -2.28. The van der Waals surface area contributed by atoms with E-state index < -0.39 is 0 Å². The van der Waals surface area contributed by atoms with Crippen molar-refractivity contribution in [2.45, 2.75) is 47.0 Å². The van der Waals surface area contributed by atoms with Crippen molar-refractivity contribution < 1.29 is 19.1 Å². The van der Waals surface area contributed by atoms with Gasteiger partial charge in [-0.05, 0) is 32.1 Å². The average Bonchev–Trinajstić information content (AvgIpc) is 2.50. The molecule has 0 aromatic heterocycles. The lowest BCUT2D eigenvalue weighted by molar-refractivity contribution is -0.163. The minimum atomic E-state index is -0.364. The summed E-state index contributed by atoms with van der Waals surface area (Å²) in [5, 5.41) is 0. The molecule has 1 fully saturated rings. The Morgan fingerprint density at radius 2 is 1.58 bits per heavy atom. The second kappa shape index (κ2) is 7.51. The smallest absolute Gasteiger partial charge is 0.310 e. The first kappa shape index (κ1) is 16.0. The Balaban J connectivity index is 2.94. The molecule has 0 radical (unpaired) electrons. The number of hydrogen-bond donors (Lipinski definition) is 0. The SMILES string of the molecule is CCOC(=O)C1CCCC(C)C(C)C1C(=O)OCC. The molecular formula is C15H26O4. The molecule has 4 heteroatoms. The maximum Gasteiger partial charge on any atom is 0.310 e. The van der Waals surface area contributed by atoms with Crippen LogP contribution < -0.4 is 0 Å². The maximum absolute atomic E-state index is 12.2. The second-order valence-electron chi connectivity index (χ2n) is 5.40. The van der Waals surface area contributed by atoms with Crippen molar-refractivity contribution in [1.29, 1.82) is 0 Å². The highest BCUT2D eigenvalue weighted by Gasteiger charge is 2.42. The molecule has 19 heavy (non-hydrogen) atoms. The third-order valence-electron chi connectivity index (χ3n) is 4.22. The zero-order valence-corrected chi connectivity index (χ0v) is 12.5. The largest absolute Gasteiger partial charge is 0.466 e. The first-order valence-electron chi connectivity index (χ1n) is 7.36. The molecule has 0 aromatic rings. The van der Waals surface area contributed by atoms with E-state index in [2.05, 4.69) is 6.92 Å². The zero-order valence-electron chi connectivity index (χ0n) is 12.5. The van der Waals surface area contributed by atoms with Crippen molar-refractivity contribution >= 4 is 11.9 Å². The van der Waals surface area contributed by atoms with E-state index in [0.717, 1.165) is 19.3 Å². The van der Waals surface area contributed by atoms with Crippen molar-refractivity contribution in [3.8, 4) is 0 Å². The summed E-state index contributed by atoms with van der Waals surface area (Å²) < 4.78 is 10.3. The summed E-state index contributed by atoms with van der Waals surface area (Å²) in [7, 11) is 0. The topological polar surface area (TPSA) is 52.6 Å². The van der Waals surface area contributed by atoms with Crippen LogP contribution in [0.15, 0.2) is 0 Å². The molecule has 0 amide bonds. The van der Waals surface area contributed by atoms with Crippen molar-refractivity contribution in [2.24, 2.45) is 23.7 Å². The van der Waals surface area contributed by atoms with E-state index in [1.807, 2.05) is 6.92 Å². The number of carbonyl (C=O) groups excluding carboxylic acids is 2. The van der Waals surface area contributed by atoms with E-state index in [4.69, 9.17) is 9.47 Å². The second-order valence-corrected chi connectivity index (χ2v) is 5.40. The van der Waals surface area contributed by atoms with Gasteiger partial charge in [0, 0.05) is 0 Å². The number of hydrogen-bond acceptors (Lipinski definition) is 4. The summed E-state index contributed by atoms with van der Waals surface area (Å²) in [6.07, 6.45) is 2.73. The lowest BCUT2D eigenvalue weighted by atomic mass is 9.77. The van der Waals surface area contributed by atoms with E-state index in [1.165, 1.54) is 0 Å². The first-order chi connectivity index (χ1) is 9.02. The molecule has 0 heterocycles. The normalized spacial score (nSPS) is 31.4. The molecule has 0 N–H and O–H groups in total. The summed E-state index contributed by atoms with van der Waals surface area (Å²) in [4.78, 5) is 24.3. The molecule has 4 atom stereocenters. The maximum atomic E-state index is 12.2. The molecule has 1 saturated carbocycles. The van der Waals surface area contributed by atoms with Crippen LogP contribution in [0, 0.1) is 23.7 Å². The summed E-state index contributed by atoms with van der Waals surface area (Å²) in [6.45, 7) is 8.48. The Bertz CT molecular complexity index is 313. The molecule has 0 aromatic carbocycles. The summed E-state index contributed by atoms with van der Waals surface area (Å²) in [5.41, 5.74) is 0. The predicted octanol–water partition coefficient (Wildman–Crippen LogP) is 2.80. The van der Waals surface area contributed by atoms with Crippen LogP contribution >= 0.6 is 0 Å². The molecule has 0 saturated heterocycles. The van der Waals surface area contributed by atoms with Crippen LogP contribution in [0.25, 0.3) is 0 Å². The average molecular weight is 270 g/mol. The van der Waals surface area contributed by atoms with Crippen LogP contribution in [0.5, 0.6) is 0 Å².